The second-order valence-corrected chi connectivity index (χ2v) is 4.81. The molecule has 0 aliphatic heterocycles. The number of carbonyl (C=O) groups excluding carboxylic acids is 1. The first-order valence-corrected chi connectivity index (χ1v) is 6.52. The number of fused-ring (bicyclic) bond motifs is 1. The Kier molecular flexibility index (Phi) is 3.35. The summed E-state index contributed by atoms with van der Waals surface area (Å²) in [6.45, 7) is 0. The predicted octanol–water partition coefficient (Wildman–Crippen LogP) is 4.14. The molecule has 1 N–H and O–H groups in total. The molecular formula is C16H11ClN2O. The molecule has 3 aromatic rings. The monoisotopic (exact) mass is 282 g/mol. The summed E-state index contributed by atoms with van der Waals surface area (Å²) >= 11 is 5.80. The van der Waals surface area contributed by atoms with Crippen LogP contribution in [0.2, 0.25) is 5.02 Å². The summed E-state index contributed by atoms with van der Waals surface area (Å²) < 4.78 is 0. The van der Waals surface area contributed by atoms with Gasteiger partial charge in [0.2, 0.25) is 0 Å². The van der Waals surface area contributed by atoms with Crippen LogP contribution in [0, 0.1) is 0 Å². The third-order valence-corrected chi connectivity index (χ3v) is 3.22. The fourth-order valence-corrected chi connectivity index (χ4v) is 2.07. The Hall–Kier alpha value is -2.39. The van der Waals surface area contributed by atoms with E-state index in [1.165, 1.54) is 0 Å². The lowest BCUT2D eigenvalue weighted by atomic mass is 10.2. The van der Waals surface area contributed by atoms with Gasteiger partial charge in [0, 0.05) is 27.9 Å². The maximum Gasteiger partial charge on any atom is 0.255 e. The van der Waals surface area contributed by atoms with E-state index in [1.54, 1.807) is 30.5 Å². The van der Waals surface area contributed by atoms with Crippen molar-refractivity contribution >= 4 is 34.1 Å². The topological polar surface area (TPSA) is 42.0 Å². The molecule has 0 aliphatic rings. The first-order valence-electron chi connectivity index (χ1n) is 6.14. The van der Waals surface area contributed by atoms with Crippen LogP contribution in [0.3, 0.4) is 0 Å². The van der Waals surface area contributed by atoms with Crippen LogP contribution in [-0.4, -0.2) is 10.9 Å². The molecule has 0 saturated carbocycles. The highest BCUT2D eigenvalue weighted by atomic mass is 35.5. The van der Waals surface area contributed by atoms with E-state index < -0.39 is 0 Å². The third kappa shape index (κ3) is 2.63. The number of hydrogen-bond acceptors (Lipinski definition) is 2. The van der Waals surface area contributed by atoms with Crippen molar-refractivity contribution in [3.8, 4) is 0 Å². The summed E-state index contributed by atoms with van der Waals surface area (Å²) in [4.78, 5) is 16.4. The standard InChI is InChI=1S/C16H11ClN2O/c17-13-6-3-12(4-7-13)16(20)19-14-8-5-11-2-1-9-18-15(11)10-14/h1-10H,(H,19,20). The summed E-state index contributed by atoms with van der Waals surface area (Å²) in [5.41, 5.74) is 2.13. The molecule has 0 fully saturated rings. The lowest BCUT2D eigenvalue weighted by molar-refractivity contribution is 0.102. The van der Waals surface area contributed by atoms with Gasteiger partial charge in [-0.1, -0.05) is 23.7 Å². The highest BCUT2D eigenvalue weighted by molar-refractivity contribution is 6.30. The normalized spacial score (nSPS) is 10.4. The summed E-state index contributed by atoms with van der Waals surface area (Å²) in [6.07, 6.45) is 1.73. The molecule has 0 spiro atoms. The Morgan fingerprint density at radius 3 is 2.65 bits per heavy atom. The van der Waals surface area contributed by atoms with Gasteiger partial charge in [-0.15, -0.1) is 0 Å². The van der Waals surface area contributed by atoms with E-state index in [1.807, 2.05) is 30.3 Å². The molecule has 0 bridgehead atoms. The molecule has 1 amide bonds. The number of carbonyl (C=O) groups is 1. The Morgan fingerprint density at radius 1 is 1.05 bits per heavy atom. The lowest BCUT2D eigenvalue weighted by Gasteiger charge is -2.06. The number of aromatic nitrogens is 1. The van der Waals surface area contributed by atoms with E-state index in [4.69, 9.17) is 11.6 Å². The van der Waals surface area contributed by atoms with Gasteiger partial charge >= 0.3 is 0 Å². The highest BCUT2D eigenvalue weighted by Gasteiger charge is 2.06. The van der Waals surface area contributed by atoms with Gasteiger partial charge in [-0.25, -0.2) is 0 Å². The van der Waals surface area contributed by atoms with Crippen molar-refractivity contribution in [3.05, 3.63) is 71.4 Å². The molecule has 98 valence electrons. The van der Waals surface area contributed by atoms with E-state index in [2.05, 4.69) is 10.3 Å². The number of pyridine rings is 1. The van der Waals surface area contributed by atoms with Gasteiger partial charge in [-0.3, -0.25) is 9.78 Å². The minimum Gasteiger partial charge on any atom is -0.322 e. The van der Waals surface area contributed by atoms with Crippen LogP contribution in [0.15, 0.2) is 60.8 Å². The van der Waals surface area contributed by atoms with Crippen molar-refractivity contribution in [2.45, 2.75) is 0 Å². The fraction of sp³-hybridized carbons (Fsp3) is 0. The lowest BCUT2D eigenvalue weighted by Crippen LogP contribution is -2.11. The van der Waals surface area contributed by atoms with Crippen LogP contribution in [0.1, 0.15) is 10.4 Å². The first-order chi connectivity index (χ1) is 9.72. The molecule has 0 saturated heterocycles. The van der Waals surface area contributed by atoms with E-state index in [0.29, 0.717) is 10.6 Å². The van der Waals surface area contributed by atoms with Gasteiger partial charge in [0.25, 0.3) is 5.91 Å². The number of amides is 1. The zero-order valence-corrected chi connectivity index (χ0v) is 11.3. The molecular weight excluding hydrogens is 272 g/mol. The van der Waals surface area contributed by atoms with E-state index >= 15 is 0 Å². The van der Waals surface area contributed by atoms with E-state index in [0.717, 1.165) is 16.6 Å². The summed E-state index contributed by atoms with van der Waals surface area (Å²) in [5, 5.41) is 4.49. The number of rotatable bonds is 2. The van der Waals surface area contributed by atoms with Crippen molar-refractivity contribution in [2.24, 2.45) is 0 Å². The minimum absolute atomic E-state index is 0.169. The number of hydrogen-bond donors (Lipinski definition) is 1. The van der Waals surface area contributed by atoms with Gasteiger partial charge in [-0.2, -0.15) is 0 Å². The molecule has 3 rings (SSSR count). The van der Waals surface area contributed by atoms with Crippen LogP contribution in [0.25, 0.3) is 10.9 Å². The molecule has 3 nitrogen and oxygen atoms in total. The quantitative estimate of drug-likeness (QED) is 0.767. The van der Waals surface area contributed by atoms with Crippen LogP contribution in [0.4, 0.5) is 5.69 Å². The average molecular weight is 283 g/mol. The highest BCUT2D eigenvalue weighted by Crippen LogP contribution is 2.18. The van der Waals surface area contributed by atoms with Crippen molar-refractivity contribution in [2.75, 3.05) is 5.32 Å². The summed E-state index contributed by atoms with van der Waals surface area (Å²) in [7, 11) is 0. The third-order valence-electron chi connectivity index (χ3n) is 2.97. The van der Waals surface area contributed by atoms with Gasteiger partial charge in [-0.05, 0) is 42.5 Å². The number of nitrogens with zero attached hydrogens (tertiary/aromatic N) is 1. The zero-order valence-electron chi connectivity index (χ0n) is 10.5. The van der Waals surface area contributed by atoms with Crippen LogP contribution in [0.5, 0.6) is 0 Å². The van der Waals surface area contributed by atoms with Crippen molar-refractivity contribution < 1.29 is 4.79 Å². The Labute approximate surface area is 121 Å². The van der Waals surface area contributed by atoms with Crippen molar-refractivity contribution in [3.63, 3.8) is 0 Å². The fourth-order valence-electron chi connectivity index (χ4n) is 1.95. The molecule has 4 heteroatoms. The molecule has 2 aromatic carbocycles. The van der Waals surface area contributed by atoms with E-state index in [9.17, 15) is 4.79 Å². The van der Waals surface area contributed by atoms with Crippen LogP contribution in [-0.2, 0) is 0 Å². The van der Waals surface area contributed by atoms with Gasteiger partial charge in [0.1, 0.15) is 0 Å². The van der Waals surface area contributed by atoms with Crippen molar-refractivity contribution in [1.82, 2.24) is 4.98 Å². The van der Waals surface area contributed by atoms with Gasteiger partial charge in [0.15, 0.2) is 0 Å². The molecule has 1 heterocycles. The number of benzene rings is 2. The average Bonchev–Trinajstić information content (AvgIpc) is 2.48. The Bertz CT molecular complexity index is 769. The molecule has 0 aliphatic carbocycles. The molecule has 0 radical (unpaired) electrons. The zero-order chi connectivity index (χ0) is 13.9. The van der Waals surface area contributed by atoms with Gasteiger partial charge < -0.3 is 5.32 Å². The minimum atomic E-state index is -0.169. The SMILES string of the molecule is O=C(Nc1ccc2cccnc2c1)c1ccc(Cl)cc1. The summed E-state index contributed by atoms with van der Waals surface area (Å²) in [5.74, 6) is -0.169. The van der Waals surface area contributed by atoms with Crippen LogP contribution < -0.4 is 5.32 Å². The number of nitrogens with one attached hydrogen (secondary N) is 1. The second kappa shape index (κ2) is 5.31. The van der Waals surface area contributed by atoms with Gasteiger partial charge in [0.05, 0.1) is 5.52 Å². The first kappa shape index (κ1) is 12.6. The predicted molar refractivity (Wildman–Crippen MR) is 81.1 cm³/mol. The second-order valence-electron chi connectivity index (χ2n) is 4.37. The smallest absolute Gasteiger partial charge is 0.255 e. The molecule has 20 heavy (non-hydrogen) atoms. The van der Waals surface area contributed by atoms with Crippen molar-refractivity contribution in [1.29, 1.82) is 0 Å². The number of anilines is 1. The maximum atomic E-state index is 12.1. The molecule has 0 unspecified atom stereocenters. The van der Waals surface area contributed by atoms with Crippen LogP contribution >= 0.6 is 11.6 Å². The Morgan fingerprint density at radius 2 is 1.85 bits per heavy atom. The molecule has 1 aromatic heterocycles. The molecule has 0 atom stereocenters. The van der Waals surface area contributed by atoms with E-state index in [-0.39, 0.29) is 5.91 Å². The Balaban J connectivity index is 1.85. The maximum absolute atomic E-state index is 12.1. The number of halogens is 1. The summed E-state index contributed by atoms with van der Waals surface area (Å²) in [6, 6.07) is 16.3. The largest absolute Gasteiger partial charge is 0.322 e.